The summed E-state index contributed by atoms with van der Waals surface area (Å²) in [6.07, 6.45) is 1.86. The second-order valence-electron chi connectivity index (χ2n) is 7.58. The first-order valence-electron chi connectivity index (χ1n) is 10.00. The van der Waals surface area contributed by atoms with Gasteiger partial charge in [-0.15, -0.1) is 0 Å². The number of carbonyl (C=O) groups excluding carboxylic acids is 1. The minimum atomic E-state index is -3.83. The molecule has 1 heterocycles. The number of halogens is 2. The molecule has 7 heteroatoms. The number of sulfonamides is 1. The fourth-order valence-electron chi connectivity index (χ4n) is 3.82. The van der Waals surface area contributed by atoms with E-state index in [1.165, 1.54) is 16.4 Å². The lowest BCUT2D eigenvalue weighted by Crippen LogP contribution is -2.35. The molecule has 160 valence electrons. The third-order valence-electron chi connectivity index (χ3n) is 5.37. The molecule has 0 radical (unpaired) electrons. The zero-order chi connectivity index (χ0) is 22.0. The Bertz CT molecular complexity index is 1230. The number of carbonyl (C=O) groups is 1. The van der Waals surface area contributed by atoms with Crippen LogP contribution in [0, 0.1) is 5.82 Å². The third kappa shape index (κ3) is 4.65. The maximum absolute atomic E-state index is 13.3. The van der Waals surface area contributed by atoms with Gasteiger partial charge in [-0.25, -0.2) is 12.8 Å². The predicted molar refractivity (Wildman–Crippen MR) is 120 cm³/mol. The Morgan fingerprint density at radius 3 is 2.48 bits per heavy atom. The van der Waals surface area contributed by atoms with E-state index >= 15 is 0 Å². The van der Waals surface area contributed by atoms with Crippen LogP contribution in [0.4, 0.5) is 10.1 Å². The molecule has 4 nitrogen and oxygen atoms in total. The average molecular weight is 458 g/mol. The minimum absolute atomic E-state index is 0.00296. The Balaban J connectivity index is 1.60. The van der Waals surface area contributed by atoms with Crippen LogP contribution in [-0.4, -0.2) is 20.7 Å². The number of rotatable bonds is 6. The summed E-state index contributed by atoms with van der Waals surface area (Å²) in [5.74, 6) is -0.492. The summed E-state index contributed by atoms with van der Waals surface area (Å²) >= 11 is 6.15. The largest absolute Gasteiger partial charge is 0.299 e. The van der Waals surface area contributed by atoms with Crippen LogP contribution in [-0.2, 0) is 34.1 Å². The quantitative estimate of drug-likeness (QED) is 0.525. The lowest BCUT2D eigenvalue weighted by atomic mass is 9.97. The van der Waals surface area contributed by atoms with Gasteiger partial charge < -0.3 is 0 Å². The maximum Gasteiger partial charge on any atom is 0.264 e. The first-order valence-corrected chi connectivity index (χ1v) is 11.8. The first-order chi connectivity index (χ1) is 14.8. The molecular formula is C24H21ClFNO3S. The van der Waals surface area contributed by atoms with Crippen molar-refractivity contribution in [2.75, 3.05) is 10.8 Å². The Morgan fingerprint density at radius 1 is 1.00 bits per heavy atom. The second kappa shape index (κ2) is 8.81. The fraction of sp³-hybridized carbons (Fsp3) is 0.208. The Labute approximate surface area is 186 Å². The molecule has 3 aromatic rings. The molecule has 0 bridgehead atoms. The van der Waals surface area contributed by atoms with Crippen LogP contribution >= 0.6 is 11.6 Å². The number of Topliss-reactive ketones (excluding diaryl/α,β-unsaturated/α-hetero) is 1. The van der Waals surface area contributed by atoms with E-state index in [1.807, 2.05) is 30.3 Å². The fourth-order valence-corrected chi connectivity index (χ4v) is 5.56. The van der Waals surface area contributed by atoms with Crippen LogP contribution in [0.15, 0.2) is 71.6 Å². The zero-order valence-corrected chi connectivity index (χ0v) is 18.3. The van der Waals surface area contributed by atoms with E-state index < -0.39 is 15.8 Å². The molecule has 0 saturated heterocycles. The molecule has 0 aliphatic carbocycles. The Hall–Kier alpha value is -2.70. The molecule has 31 heavy (non-hydrogen) atoms. The van der Waals surface area contributed by atoms with Gasteiger partial charge in [0.15, 0.2) is 0 Å². The molecule has 0 N–H and O–H groups in total. The third-order valence-corrected chi connectivity index (χ3v) is 7.57. The molecule has 0 atom stereocenters. The smallest absolute Gasteiger partial charge is 0.264 e. The normalized spacial score (nSPS) is 13.7. The van der Waals surface area contributed by atoms with E-state index in [0.29, 0.717) is 23.7 Å². The second-order valence-corrected chi connectivity index (χ2v) is 9.85. The van der Waals surface area contributed by atoms with E-state index in [1.54, 1.807) is 12.1 Å². The highest BCUT2D eigenvalue weighted by molar-refractivity contribution is 7.92. The average Bonchev–Trinajstić information content (AvgIpc) is 2.75. The van der Waals surface area contributed by atoms with Crippen LogP contribution < -0.4 is 4.31 Å². The summed E-state index contributed by atoms with van der Waals surface area (Å²) < 4.78 is 41.0. The standard InChI is InChI=1S/C24H21ClFNO3S/c25-23-6-2-1-4-19(23)16-21(28)14-17-7-8-18-5-3-13-27(24(18)15-17)31(29,30)22-11-9-20(26)10-12-22/h1-2,4,6-12,15H,3,5,13-14,16H2. The van der Waals surface area contributed by atoms with Crippen LogP contribution in [0.2, 0.25) is 5.02 Å². The molecule has 1 aliphatic rings. The topological polar surface area (TPSA) is 54.5 Å². The Morgan fingerprint density at radius 2 is 1.74 bits per heavy atom. The molecule has 0 unspecified atom stereocenters. The van der Waals surface area contributed by atoms with Crippen molar-refractivity contribution in [3.63, 3.8) is 0 Å². The van der Waals surface area contributed by atoms with Gasteiger partial charge in [-0.05, 0) is 65.9 Å². The van der Waals surface area contributed by atoms with Gasteiger partial charge >= 0.3 is 0 Å². The van der Waals surface area contributed by atoms with Gasteiger partial charge in [0.1, 0.15) is 11.6 Å². The molecule has 0 saturated carbocycles. The number of fused-ring (bicyclic) bond motifs is 1. The number of ketones is 1. The van der Waals surface area contributed by atoms with Gasteiger partial charge in [-0.1, -0.05) is 41.9 Å². The lowest BCUT2D eigenvalue weighted by Gasteiger charge is -2.31. The van der Waals surface area contributed by atoms with Crippen molar-refractivity contribution in [3.8, 4) is 0 Å². The van der Waals surface area contributed by atoms with Gasteiger partial charge in [0.25, 0.3) is 10.0 Å². The van der Waals surface area contributed by atoms with E-state index in [9.17, 15) is 17.6 Å². The summed E-state index contributed by atoms with van der Waals surface area (Å²) in [5, 5.41) is 0.554. The van der Waals surface area contributed by atoms with Crippen molar-refractivity contribution >= 4 is 33.1 Å². The number of aryl methyl sites for hydroxylation is 1. The minimum Gasteiger partial charge on any atom is -0.299 e. The number of hydrogen-bond acceptors (Lipinski definition) is 3. The van der Waals surface area contributed by atoms with Crippen molar-refractivity contribution in [3.05, 3.63) is 94.3 Å². The molecule has 3 aromatic carbocycles. The number of benzene rings is 3. The summed E-state index contributed by atoms with van der Waals surface area (Å²) in [5.41, 5.74) is 3.02. The van der Waals surface area contributed by atoms with Crippen molar-refractivity contribution in [1.82, 2.24) is 0 Å². The van der Waals surface area contributed by atoms with Gasteiger partial charge in [-0.3, -0.25) is 9.10 Å². The van der Waals surface area contributed by atoms with Crippen LogP contribution in [0.25, 0.3) is 0 Å². The van der Waals surface area contributed by atoms with E-state index in [0.717, 1.165) is 35.2 Å². The van der Waals surface area contributed by atoms with Crippen molar-refractivity contribution < 1.29 is 17.6 Å². The zero-order valence-electron chi connectivity index (χ0n) is 16.7. The SMILES string of the molecule is O=C(Cc1ccc2c(c1)N(S(=O)(=O)c1ccc(F)cc1)CCC2)Cc1ccccc1Cl. The van der Waals surface area contributed by atoms with E-state index in [2.05, 4.69) is 0 Å². The van der Waals surface area contributed by atoms with E-state index in [-0.39, 0.29) is 23.5 Å². The summed E-state index contributed by atoms with van der Waals surface area (Å²) in [6, 6.07) is 17.6. The van der Waals surface area contributed by atoms with Crippen molar-refractivity contribution in [2.24, 2.45) is 0 Å². The van der Waals surface area contributed by atoms with Gasteiger partial charge in [-0.2, -0.15) is 0 Å². The van der Waals surface area contributed by atoms with Crippen LogP contribution in [0.5, 0.6) is 0 Å². The van der Waals surface area contributed by atoms with Crippen molar-refractivity contribution in [1.29, 1.82) is 0 Å². The molecule has 0 amide bonds. The molecular weight excluding hydrogens is 437 g/mol. The highest BCUT2D eigenvalue weighted by atomic mass is 35.5. The summed E-state index contributed by atoms with van der Waals surface area (Å²) in [6.45, 7) is 0.337. The number of hydrogen-bond donors (Lipinski definition) is 0. The molecule has 0 fully saturated rings. The van der Waals surface area contributed by atoms with Gasteiger partial charge in [0.2, 0.25) is 0 Å². The number of nitrogens with zero attached hydrogens (tertiary/aromatic N) is 1. The van der Waals surface area contributed by atoms with Crippen molar-refractivity contribution in [2.45, 2.75) is 30.6 Å². The monoisotopic (exact) mass is 457 g/mol. The summed E-state index contributed by atoms with van der Waals surface area (Å²) in [4.78, 5) is 12.7. The van der Waals surface area contributed by atoms with Gasteiger partial charge in [0.05, 0.1) is 10.6 Å². The highest BCUT2D eigenvalue weighted by Crippen LogP contribution is 2.33. The van der Waals surface area contributed by atoms with Crippen LogP contribution in [0.3, 0.4) is 0 Å². The predicted octanol–water partition coefficient (Wildman–Crippen LogP) is 4.97. The first kappa shape index (κ1) is 21.5. The van der Waals surface area contributed by atoms with E-state index in [4.69, 9.17) is 11.6 Å². The van der Waals surface area contributed by atoms with Crippen LogP contribution in [0.1, 0.15) is 23.1 Å². The molecule has 1 aliphatic heterocycles. The highest BCUT2D eigenvalue weighted by Gasteiger charge is 2.29. The van der Waals surface area contributed by atoms with Gasteiger partial charge in [0, 0.05) is 24.4 Å². The molecule has 0 aromatic heterocycles. The summed E-state index contributed by atoms with van der Waals surface area (Å²) in [7, 11) is -3.83. The maximum atomic E-state index is 13.3. The molecule has 4 rings (SSSR count). The Kier molecular flexibility index (Phi) is 6.12. The lowest BCUT2D eigenvalue weighted by molar-refractivity contribution is -0.117. The number of anilines is 1. The molecule has 0 spiro atoms.